The summed E-state index contributed by atoms with van der Waals surface area (Å²) in [7, 11) is 1.57. The van der Waals surface area contributed by atoms with E-state index in [0.29, 0.717) is 25.0 Å². The first-order valence-corrected chi connectivity index (χ1v) is 21.1. The number of rotatable bonds is 7. The molecule has 6 heterocycles. The minimum atomic E-state index is -3.23. The molecule has 0 unspecified atom stereocenters. The third-order valence-corrected chi connectivity index (χ3v) is 10.5. The zero-order valence-electron chi connectivity index (χ0n) is 26.1. The SMILES string of the molecule is CN(Cc1cc2nc(Cl)nc(N3CCOCC3)c2s1)S(C)(=O)=O.CNCc1cc2nc(Cl)nc(N3CCOCC3)c2s1.CS(=O)(=O)Cl. The number of halogens is 3. The smallest absolute Gasteiger partial charge is 0.229 e. The van der Waals surface area contributed by atoms with Gasteiger partial charge in [0.1, 0.15) is 0 Å². The van der Waals surface area contributed by atoms with Crippen molar-refractivity contribution in [3.63, 3.8) is 0 Å². The van der Waals surface area contributed by atoms with E-state index in [9.17, 15) is 16.8 Å². The van der Waals surface area contributed by atoms with Gasteiger partial charge in [0.15, 0.2) is 11.6 Å². The Morgan fingerprint density at radius 2 is 1.21 bits per heavy atom. The summed E-state index contributed by atoms with van der Waals surface area (Å²) in [4.78, 5) is 23.8. The van der Waals surface area contributed by atoms with Crippen molar-refractivity contribution in [2.24, 2.45) is 0 Å². The second-order valence-corrected chi connectivity index (χ2v) is 18.5. The largest absolute Gasteiger partial charge is 0.378 e. The van der Waals surface area contributed by atoms with Crippen molar-refractivity contribution in [1.82, 2.24) is 29.6 Å². The molecule has 2 saturated heterocycles. The van der Waals surface area contributed by atoms with Gasteiger partial charge >= 0.3 is 0 Å². The van der Waals surface area contributed by atoms with Crippen molar-refractivity contribution in [2.45, 2.75) is 13.1 Å². The molecule has 2 fully saturated rings. The Balaban J connectivity index is 0.000000189. The standard InChI is InChI=1S/C13H17ClN4O3S2.C12H15ClN4OS.CH3ClO2S/c1-17(23(2,19)20)8-9-7-10-11(22-9)12(16-13(14)15-10)18-3-5-21-6-4-18;1-14-7-8-6-9-10(19-8)11(16-12(13)15-9)17-2-4-18-5-3-17;1-5(2,3)4/h7H,3-6,8H2,1-2H3;6,14H,2-5,7H2,1H3;1H3. The first-order chi connectivity index (χ1) is 22.1. The van der Waals surface area contributed by atoms with Crippen LogP contribution in [0, 0.1) is 0 Å². The van der Waals surface area contributed by atoms with Gasteiger partial charge in [-0.25, -0.2) is 31.1 Å². The zero-order valence-corrected chi connectivity index (χ0v) is 31.6. The summed E-state index contributed by atoms with van der Waals surface area (Å²) in [5, 5.41) is 3.66. The first kappa shape index (κ1) is 38.1. The van der Waals surface area contributed by atoms with Crippen LogP contribution in [-0.4, -0.2) is 120 Å². The third-order valence-electron chi connectivity index (χ3n) is 6.67. The second kappa shape index (κ2) is 16.8. The van der Waals surface area contributed by atoms with Gasteiger partial charge in [0.2, 0.25) is 29.6 Å². The number of hydrogen-bond acceptors (Lipinski definition) is 15. The van der Waals surface area contributed by atoms with Crippen molar-refractivity contribution >= 4 is 108 Å². The Morgan fingerprint density at radius 1 is 0.809 bits per heavy atom. The lowest BCUT2D eigenvalue weighted by atomic mass is 10.3. The van der Waals surface area contributed by atoms with E-state index in [1.54, 1.807) is 18.4 Å². The summed E-state index contributed by atoms with van der Waals surface area (Å²) in [6.07, 6.45) is 2.12. The number of hydrogen-bond donors (Lipinski definition) is 1. The molecule has 1 N–H and O–H groups in total. The minimum Gasteiger partial charge on any atom is -0.378 e. The van der Waals surface area contributed by atoms with E-state index in [0.717, 1.165) is 89.1 Å². The molecular weight excluding hydrogens is 755 g/mol. The van der Waals surface area contributed by atoms with Crippen LogP contribution in [-0.2, 0) is 41.6 Å². The predicted octanol–water partition coefficient (Wildman–Crippen LogP) is 3.66. The van der Waals surface area contributed by atoms with Gasteiger partial charge in [0.05, 0.1) is 59.4 Å². The fraction of sp³-hybridized carbons (Fsp3) is 0.538. The molecule has 47 heavy (non-hydrogen) atoms. The van der Waals surface area contributed by atoms with E-state index in [4.69, 9.17) is 32.7 Å². The maximum absolute atomic E-state index is 11.6. The molecule has 2 aliphatic heterocycles. The Kier molecular flexibility index (Phi) is 13.6. The quantitative estimate of drug-likeness (QED) is 0.214. The van der Waals surface area contributed by atoms with Crippen LogP contribution in [0.5, 0.6) is 0 Å². The topological polar surface area (TPSA) is 160 Å². The summed E-state index contributed by atoms with van der Waals surface area (Å²) in [6.45, 7) is 7.11. The number of aromatic nitrogens is 4. The van der Waals surface area contributed by atoms with Crippen LogP contribution in [0.15, 0.2) is 12.1 Å². The second-order valence-electron chi connectivity index (χ2n) is 10.4. The fourth-order valence-electron chi connectivity index (χ4n) is 4.53. The van der Waals surface area contributed by atoms with Gasteiger partial charge in [0.25, 0.3) is 0 Å². The molecular formula is C26H35Cl3N8O6S4. The van der Waals surface area contributed by atoms with Crippen LogP contribution in [0.1, 0.15) is 9.75 Å². The molecule has 0 aliphatic carbocycles. The van der Waals surface area contributed by atoms with Gasteiger partial charge in [0, 0.05) is 66.8 Å². The molecule has 2 aliphatic rings. The summed E-state index contributed by atoms with van der Waals surface area (Å²) in [5.41, 5.74) is 1.67. The van der Waals surface area contributed by atoms with Crippen molar-refractivity contribution < 1.29 is 26.3 Å². The molecule has 21 heteroatoms. The maximum atomic E-state index is 11.6. The summed E-state index contributed by atoms with van der Waals surface area (Å²) >= 11 is 15.3. The highest BCUT2D eigenvalue weighted by atomic mass is 35.7. The number of nitrogens with zero attached hydrogens (tertiary/aromatic N) is 7. The molecule has 14 nitrogen and oxygen atoms in total. The van der Waals surface area contributed by atoms with Gasteiger partial charge < -0.3 is 24.6 Å². The molecule has 4 aromatic rings. The van der Waals surface area contributed by atoms with Crippen LogP contribution < -0.4 is 15.1 Å². The van der Waals surface area contributed by atoms with Crippen LogP contribution in [0.4, 0.5) is 11.6 Å². The van der Waals surface area contributed by atoms with Gasteiger partial charge in [-0.1, -0.05) is 0 Å². The number of thiophene rings is 2. The number of anilines is 2. The molecule has 0 radical (unpaired) electrons. The molecule has 6 rings (SSSR count). The zero-order chi connectivity index (χ0) is 34.4. The number of sulfonamides is 1. The number of ether oxygens (including phenoxy) is 2. The van der Waals surface area contributed by atoms with Crippen molar-refractivity contribution in [3.05, 3.63) is 32.5 Å². The first-order valence-electron chi connectivity index (χ1n) is 14.1. The normalized spacial score (nSPS) is 15.8. The van der Waals surface area contributed by atoms with Crippen LogP contribution in [0.2, 0.25) is 10.6 Å². The lowest BCUT2D eigenvalue weighted by Crippen LogP contribution is -2.36. The molecule has 4 aromatic heterocycles. The Hall–Kier alpha value is -1.71. The highest BCUT2D eigenvalue weighted by molar-refractivity contribution is 8.13. The van der Waals surface area contributed by atoms with Crippen molar-refractivity contribution in [1.29, 1.82) is 0 Å². The average molecular weight is 790 g/mol. The highest BCUT2D eigenvalue weighted by Crippen LogP contribution is 2.35. The van der Waals surface area contributed by atoms with Gasteiger partial charge in [-0.3, -0.25) is 0 Å². The number of morpholine rings is 2. The predicted molar refractivity (Wildman–Crippen MR) is 191 cm³/mol. The summed E-state index contributed by atoms with van der Waals surface area (Å²) < 4.78 is 56.0. The lowest BCUT2D eigenvalue weighted by Gasteiger charge is -2.28. The van der Waals surface area contributed by atoms with Gasteiger partial charge in [-0.15, -0.1) is 22.7 Å². The molecule has 0 saturated carbocycles. The maximum Gasteiger partial charge on any atom is 0.229 e. The minimum absolute atomic E-state index is 0.194. The van der Waals surface area contributed by atoms with E-state index >= 15 is 0 Å². The fourth-order valence-corrected chi connectivity index (χ4v) is 7.62. The van der Waals surface area contributed by atoms with E-state index in [2.05, 4.69) is 51.8 Å². The molecule has 0 atom stereocenters. The number of fused-ring (bicyclic) bond motifs is 2. The van der Waals surface area contributed by atoms with Crippen molar-refractivity contribution in [2.75, 3.05) is 89.0 Å². The lowest BCUT2D eigenvalue weighted by molar-refractivity contribution is 0.122. The molecule has 0 spiro atoms. The molecule has 0 aromatic carbocycles. The van der Waals surface area contributed by atoms with E-state index in [1.165, 1.54) is 26.8 Å². The Morgan fingerprint density at radius 3 is 1.62 bits per heavy atom. The molecule has 260 valence electrons. The summed E-state index contributed by atoms with van der Waals surface area (Å²) in [6, 6.07) is 3.95. The average Bonchev–Trinajstić information content (AvgIpc) is 3.59. The van der Waals surface area contributed by atoms with E-state index < -0.39 is 19.1 Å². The van der Waals surface area contributed by atoms with Crippen molar-refractivity contribution in [3.8, 4) is 0 Å². The van der Waals surface area contributed by atoms with Gasteiger partial charge in [-0.2, -0.15) is 9.97 Å². The Bertz CT molecular complexity index is 1870. The van der Waals surface area contributed by atoms with E-state index in [-0.39, 0.29) is 5.28 Å². The van der Waals surface area contributed by atoms with Gasteiger partial charge in [-0.05, 0) is 42.4 Å². The summed E-state index contributed by atoms with van der Waals surface area (Å²) in [5.74, 6) is 1.73. The monoisotopic (exact) mass is 788 g/mol. The Labute approximate surface area is 296 Å². The van der Waals surface area contributed by atoms with Crippen LogP contribution in [0.3, 0.4) is 0 Å². The number of nitrogens with one attached hydrogen (secondary N) is 1. The highest BCUT2D eigenvalue weighted by Gasteiger charge is 2.21. The molecule has 0 amide bonds. The molecule has 0 bridgehead atoms. The van der Waals surface area contributed by atoms with E-state index in [1.807, 2.05) is 13.1 Å². The van der Waals surface area contributed by atoms with Crippen LogP contribution in [0.25, 0.3) is 20.4 Å². The third kappa shape index (κ3) is 11.4. The van der Waals surface area contributed by atoms with Crippen LogP contribution >= 0.6 is 56.6 Å².